The van der Waals surface area contributed by atoms with Gasteiger partial charge in [0.15, 0.2) is 11.5 Å². The van der Waals surface area contributed by atoms with Crippen molar-refractivity contribution in [2.75, 3.05) is 0 Å². The second-order valence-corrected chi connectivity index (χ2v) is 6.20. The van der Waals surface area contributed by atoms with Crippen molar-refractivity contribution in [1.82, 2.24) is 0 Å². The van der Waals surface area contributed by atoms with Gasteiger partial charge in [-0.3, -0.25) is 4.79 Å². The minimum atomic E-state index is -0.172. The highest BCUT2D eigenvalue weighted by molar-refractivity contribution is 5.98. The Morgan fingerprint density at radius 2 is 2.05 bits per heavy atom. The summed E-state index contributed by atoms with van der Waals surface area (Å²) in [6.07, 6.45) is 0.308. The highest BCUT2D eigenvalue weighted by Crippen LogP contribution is 2.25. The van der Waals surface area contributed by atoms with Gasteiger partial charge in [0, 0.05) is 17.8 Å². The Kier molecular flexibility index (Phi) is 3.50. The zero-order valence-corrected chi connectivity index (χ0v) is 12.0. The monoisotopic (exact) mass is 259 g/mol. The number of aryl methyl sites for hydroxylation is 1. The van der Waals surface area contributed by atoms with Gasteiger partial charge in [0.25, 0.3) is 0 Å². The second kappa shape index (κ2) is 4.82. The Labute approximate surface area is 113 Å². The molecule has 0 aliphatic rings. The minimum absolute atomic E-state index is 0.0296. The molecule has 0 aliphatic heterocycles. The van der Waals surface area contributed by atoms with E-state index in [2.05, 4.69) is 0 Å². The predicted molar refractivity (Wildman–Crippen MR) is 77.3 cm³/mol. The molecule has 2 aromatic rings. The fourth-order valence-electron chi connectivity index (χ4n) is 1.95. The van der Waals surface area contributed by atoms with Crippen molar-refractivity contribution in [2.24, 2.45) is 11.1 Å². The lowest BCUT2D eigenvalue weighted by Gasteiger charge is -2.25. The van der Waals surface area contributed by atoms with Crippen molar-refractivity contribution >= 4 is 16.8 Å². The van der Waals surface area contributed by atoms with E-state index in [1.165, 1.54) is 0 Å². The van der Waals surface area contributed by atoms with Crippen LogP contribution in [0.1, 0.15) is 43.3 Å². The van der Waals surface area contributed by atoms with Crippen LogP contribution in [0.4, 0.5) is 0 Å². The van der Waals surface area contributed by atoms with Crippen LogP contribution in [0.5, 0.6) is 0 Å². The molecule has 0 amide bonds. The van der Waals surface area contributed by atoms with E-state index >= 15 is 0 Å². The van der Waals surface area contributed by atoms with Crippen molar-refractivity contribution in [2.45, 2.75) is 40.2 Å². The average Bonchev–Trinajstić information content (AvgIpc) is 2.73. The molecule has 0 spiro atoms. The van der Waals surface area contributed by atoms with Crippen LogP contribution >= 0.6 is 0 Å². The Balaban J connectivity index is 2.25. The summed E-state index contributed by atoms with van der Waals surface area (Å²) in [5, 5.41) is 0.965. The summed E-state index contributed by atoms with van der Waals surface area (Å²) < 4.78 is 5.67. The molecule has 0 saturated carbocycles. The van der Waals surface area contributed by atoms with Gasteiger partial charge in [-0.15, -0.1) is 0 Å². The topological polar surface area (TPSA) is 56.2 Å². The predicted octanol–water partition coefficient (Wildman–Crippen LogP) is 3.69. The molecular weight excluding hydrogens is 238 g/mol. The fourth-order valence-corrected chi connectivity index (χ4v) is 1.95. The highest BCUT2D eigenvalue weighted by Gasteiger charge is 2.25. The molecule has 0 saturated heterocycles. The molecule has 0 fully saturated rings. The van der Waals surface area contributed by atoms with Gasteiger partial charge in [-0.25, -0.2) is 0 Å². The number of hydrogen-bond acceptors (Lipinski definition) is 3. The number of rotatable bonds is 3. The normalized spacial score (nSPS) is 13.7. The summed E-state index contributed by atoms with van der Waals surface area (Å²) in [6.45, 7) is 8.08. The van der Waals surface area contributed by atoms with E-state index in [0.29, 0.717) is 12.2 Å². The highest BCUT2D eigenvalue weighted by atomic mass is 16.3. The molecule has 1 aromatic carbocycles. The van der Waals surface area contributed by atoms with Gasteiger partial charge in [-0.05, 0) is 24.0 Å². The Morgan fingerprint density at radius 1 is 1.37 bits per heavy atom. The van der Waals surface area contributed by atoms with E-state index in [-0.39, 0.29) is 17.2 Å². The largest absolute Gasteiger partial charge is 0.453 e. The molecule has 19 heavy (non-hydrogen) atoms. The van der Waals surface area contributed by atoms with Crippen molar-refractivity contribution < 1.29 is 9.21 Å². The van der Waals surface area contributed by atoms with Gasteiger partial charge in [0.05, 0.1) is 0 Å². The molecule has 1 atom stereocenters. The van der Waals surface area contributed by atoms with Crippen LogP contribution in [-0.2, 0) is 0 Å². The number of benzene rings is 1. The molecule has 1 heterocycles. The maximum Gasteiger partial charge on any atom is 0.199 e. The van der Waals surface area contributed by atoms with Crippen molar-refractivity contribution in [1.29, 1.82) is 0 Å². The molecule has 1 unspecified atom stereocenters. The number of ketones is 1. The summed E-state index contributed by atoms with van der Waals surface area (Å²) in [4.78, 5) is 12.2. The fraction of sp³-hybridized carbons (Fsp3) is 0.438. The number of carbonyl (C=O) groups is 1. The molecule has 0 radical (unpaired) electrons. The Morgan fingerprint density at radius 3 is 2.63 bits per heavy atom. The first-order chi connectivity index (χ1) is 8.79. The first kappa shape index (κ1) is 13.8. The van der Waals surface area contributed by atoms with Crippen LogP contribution in [0.15, 0.2) is 28.7 Å². The van der Waals surface area contributed by atoms with Crippen molar-refractivity contribution in [3.63, 3.8) is 0 Å². The Hall–Kier alpha value is -1.61. The van der Waals surface area contributed by atoms with Crippen LogP contribution in [0.2, 0.25) is 0 Å². The van der Waals surface area contributed by atoms with Crippen LogP contribution in [0, 0.1) is 12.3 Å². The summed E-state index contributed by atoms with van der Waals surface area (Å²) in [7, 11) is 0. The summed E-state index contributed by atoms with van der Waals surface area (Å²) in [6, 6.07) is 7.52. The quantitative estimate of drug-likeness (QED) is 0.855. The third kappa shape index (κ3) is 2.87. The molecule has 0 aliphatic carbocycles. The van der Waals surface area contributed by atoms with Crippen LogP contribution in [0.3, 0.4) is 0 Å². The minimum Gasteiger partial charge on any atom is -0.453 e. The van der Waals surface area contributed by atoms with Gasteiger partial charge < -0.3 is 10.2 Å². The van der Waals surface area contributed by atoms with E-state index < -0.39 is 0 Å². The van der Waals surface area contributed by atoms with E-state index in [4.69, 9.17) is 10.2 Å². The molecular formula is C16H21NO2. The summed E-state index contributed by atoms with van der Waals surface area (Å²) >= 11 is 0. The van der Waals surface area contributed by atoms with Crippen molar-refractivity contribution in [3.05, 3.63) is 35.6 Å². The van der Waals surface area contributed by atoms with E-state index in [1.807, 2.05) is 45.9 Å². The smallest absolute Gasteiger partial charge is 0.199 e. The molecule has 102 valence electrons. The van der Waals surface area contributed by atoms with E-state index in [1.54, 1.807) is 6.07 Å². The molecule has 2 rings (SSSR count). The third-order valence-corrected chi connectivity index (χ3v) is 3.53. The SMILES string of the molecule is Cc1cccc2cc(C(=O)CC(N)C(C)(C)C)oc12. The lowest BCUT2D eigenvalue weighted by atomic mass is 9.84. The van der Waals surface area contributed by atoms with Gasteiger partial charge in [-0.2, -0.15) is 0 Å². The Bertz CT molecular complexity index is 605. The third-order valence-electron chi connectivity index (χ3n) is 3.53. The molecule has 3 nitrogen and oxygen atoms in total. The number of furan rings is 1. The number of para-hydroxylation sites is 1. The van der Waals surface area contributed by atoms with Gasteiger partial charge in [-0.1, -0.05) is 39.0 Å². The average molecular weight is 259 g/mol. The van der Waals surface area contributed by atoms with E-state index in [9.17, 15) is 4.79 Å². The second-order valence-electron chi connectivity index (χ2n) is 6.20. The van der Waals surface area contributed by atoms with Crippen LogP contribution in [0.25, 0.3) is 11.0 Å². The number of hydrogen-bond donors (Lipinski definition) is 1. The molecule has 0 bridgehead atoms. The van der Waals surface area contributed by atoms with Gasteiger partial charge in [0.1, 0.15) is 5.58 Å². The molecule has 1 aromatic heterocycles. The lowest BCUT2D eigenvalue weighted by Crippen LogP contribution is -2.36. The number of nitrogens with two attached hydrogens (primary N) is 1. The zero-order valence-electron chi connectivity index (χ0n) is 12.0. The van der Waals surface area contributed by atoms with Crippen molar-refractivity contribution in [3.8, 4) is 0 Å². The van der Waals surface area contributed by atoms with E-state index in [0.717, 1.165) is 16.5 Å². The van der Waals surface area contributed by atoms with Crippen LogP contribution < -0.4 is 5.73 Å². The first-order valence-electron chi connectivity index (χ1n) is 6.57. The molecule has 2 N–H and O–H groups in total. The number of carbonyl (C=O) groups excluding carboxylic acids is 1. The van der Waals surface area contributed by atoms with Crippen LogP contribution in [-0.4, -0.2) is 11.8 Å². The maximum absolute atomic E-state index is 12.2. The first-order valence-corrected chi connectivity index (χ1v) is 6.57. The number of Topliss-reactive ketones (excluding diaryl/α,β-unsaturated/α-hetero) is 1. The maximum atomic E-state index is 12.2. The summed E-state index contributed by atoms with van der Waals surface area (Å²) in [5.41, 5.74) is 7.79. The molecule has 3 heteroatoms. The van der Waals surface area contributed by atoms with Gasteiger partial charge in [0.2, 0.25) is 0 Å². The van der Waals surface area contributed by atoms with Gasteiger partial charge >= 0.3 is 0 Å². The standard InChI is InChI=1S/C16H21NO2/c1-10-6-5-7-11-8-13(19-15(10)11)12(18)9-14(17)16(2,3)4/h5-8,14H,9,17H2,1-4H3. The summed E-state index contributed by atoms with van der Waals surface area (Å²) in [5.74, 6) is 0.377. The lowest BCUT2D eigenvalue weighted by molar-refractivity contribution is 0.0928. The number of fused-ring (bicyclic) bond motifs is 1. The zero-order chi connectivity index (χ0) is 14.2.